The second kappa shape index (κ2) is 7.62. The van der Waals surface area contributed by atoms with Gasteiger partial charge in [-0.15, -0.1) is 0 Å². The van der Waals surface area contributed by atoms with Gasteiger partial charge in [-0.3, -0.25) is 9.59 Å². The molecule has 0 spiro atoms. The maximum absolute atomic E-state index is 13.2. The van der Waals surface area contributed by atoms with Gasteiger partial charge in [0.25, 0.3) is 11.5 Å². The number of hydrogen-bond donors (Lipinski definition) is 0. The van der Waals surface area contributed by atoms with Gasteiger partial charge in [0.05, 0.1) is 13.2 Å². The zero-order valence-corrected chi connectivity index (χ0v) is 15.2. The summed E-state index contributed by atoms with van der Waals surface area (Å²) in [7, 11) is 0. The zero-order chi connectivity index (χ0) is 17.9. The predicted octanol–water partition coefficient (Wildman–Crippen LogP) is 3.05. The van der Waals surface area contributed by atoms with Gasteiger partial charge in [0, 0.05) is 25.0 Å². The maximum atomic E-state index is 13.2. The van der Waals surface area contributed by atoms with Gasteiger partial charge in [-0.25, -0.2) is 0 Å². The van der Waals surface area contributed by atoms with Crippen LogP contribution in [0.1, 0.15) is 42.6 Å². The Hall–Kier alpha value is -2.14. The second-order valence-electron chi connectivity index (χ2n) is 7.44. The van der Waals surface area contributed by atoms with Crippen molar-refractivity contribution in [2.24, 2.45) is 5.92 Å². The van der Waals surface area contributed by atoms with Crippen LogP contribution in [0.2, 0.25) is 0 Å². The van der Waals surface area contributed by atoms with E-state index in [9.17, 15) is 9.59 Å². The van der Waals surface area contributed by atoms with E-state index in [0.29, 0.717) is 49.8 Å². The Kier molecular flexibility index (Phi) is 5.07. The Morgan fingerprint density at radius 2 is 1.81 bits per heavy atom. The molecule has 0 bridgehead atoms. The molecule has 2 heterocycles. The fourth-order valence-corrected chi connectivity index (χ4v) is 4.21. The van der Waals surface area contributed by atoms with Crippen LogP contribution in [-0.2, 0) is 11.3 Å². The van der Waals surface area contributed by atoms with Crippen molar-refractivity contribution in [3.8, 4) is 0 Å². The SMILES string of the molecule is O=C(c1cc2ccccc2c(=O)n1CC1CCCCC1)N1CCOCC1. The van der Waals surface area contributed by atoms with Crippen LogP contribution in [-0.4, -0.2) is 41.7 Å². The summed E-state index contributed by atoms with van der Waals surface area (Å²) in [6, 6.07) is 9.47. The molecule has 0 N–H and O–H groups in total. The third-order valence-corrected chi connectivity index (χ3v) is 5.70. The number of aromatic nitrogens is 1. The molecule has 26 heavy (non-hydrogen) atoms. The summed E-state index contributed by atoms with van der Waals surface area (Å²) in [4.78, 5) is 28.2. The molecule has 2 fully saturated rings. The summed E-state index contributed by atoms with van der Waals surface area (Å²) in [6.45, 7) is 2.94. The van der Waals surface area contributed by atoms with E-state index in [-0.39, 0.29) is 11.5 Å². The van der Waals surface area contributed by atoms with E-state index in [1.165, 1.54) is 19.3 Å². The van der Waals surface area contributed by atoms with E-state index in [1.54, 1.807) is 4.57 Å². The molecule has 1 aliphatic heterocycles. The Balaban J connectivity index is 1.76. The highest BCUT2D eigenvalue weighted by Crippen LogP contribution is 2.26. The van der Waals surface area contributed by atoms with Gasteiger partial charge in [-0.2, -0.15) is 0 Å². The summed E-state index contributed by atoms with van der Waals surface area (Å²) in [5, 5.41) is 1.54. The fourth-order valence-electron chi connectivity index (χ4n) is 4.21. The molecule has 1 aliphatic carbocycles. The Labute approximate surface area is 153 Å². The van der Waals surface area contributed by atoms with Crippen LogP contribution in [0.3, 0.4) is 0 Å². The van der Waals surface area contributed by atoms with Crippen molar-refractivity contribution >= 4 is 16.7 Å². The average Bonchev–Trinajstić information content (AvgIpc) is 2.71. The molecule has 2 aliphatic rings. The molecule has 2 aromatic rings. The van der Waals surface area contributed by atoms with Crippen LogP contribution < -0.4 is 5.56 Å². The van der Waals surface area contributed by atoms with Gasteiger partial charge in [0.2, 0.25) is 0 Å². The van der Waals surface area contributed by atoms with Crippen LogP contribution in [0.25, 0.3) is 10.8 Å². The lowest BCUT2D eigenvalue weighted by Gasteiger charge is -2.29. The molecule has 5 heteroatoms. The number of morpholine rings is 1. The summed E-state index contributed by atoms with van der Waals surface area (Å²) in [5.74, 6) is 0.436. The molecule has 1 aromatic heterocycles. The van der Waals surface area contributed by atoms with Crippen molar-refractivity contribution in [2.45, 2.75) is 38.6 Å². The van der Waals surface area contributed by atoms with E-state index in [0.717, 1.165) is 18.2 Å². The van der Waals surface area contributed by atoms with E-state index in [4.69, 9.17) is 4.74 Å². The number of rotatable bonds is 3. The zero-order valence-electron chi connectivity index (χ0n) is 15.2. The largest absolute Gasteiger partial charge is 0.378 e. The molecule has 0 radical (unpaired) electrons. The Bertz CT molecular complexity index is 846. The van der Waals surface area contributed by atoms with E-state index in [1.807, 2.05) is 35.2 Å². The predicted molar refractivity (Wildman–Crippen MR) is 102 cm³/mol. The van der Waals surface area contributed by atoms with E-state index < -0.39 is 0 Å². The third-order valence-electron chi connectivity index (χ3n) is 5.70. The number of carbonyl (C=O) groups excluding carboxylic acids is 1. The van der Waals surface area contributed by atoms with Crippen molar-refractivity contribution in [1.29, 1.82) is 0 Å². The van der Waals surface area contributed by atoms with Crippen LogP contribution >= 0.6 is 0 Å². The van der Waals surface area contributed by atoms with E-state index >= 15 is 0 Å². The van der Waals surface area contributed by atoms with Crippen molar-refractivity contribution in [3.05, 3.63) is 46.4 Å². The lowest BCUT2D eigenvalue weighted by Crippen LogP contribution is -2.43. The van der Waals surface area contributed by atoms with Gasteiger partial charge in [0.15, 0.2) is 0 Å². The summed E-state index contributed by atoms with van der Waals surface area (Å²) in [6.07, 6.45) is 6.01. The monoisotopic (exact) mass is 354 g/mol. The number of amides is 1. The fraction of sp³-hybridized carbons (Fsp3) is 0.524. The van der Waals surface area contributed by atoms with Crippen molar-refractivity contribution in [2.75, 3.05) is 26.3 Å². The molecule has 1 amide bonds. The van der Waals surface area contributed by atoms with Crippen molar-refractivity contribution < 1.29 is 9.53 Å². The molecular formula is C21H26N2O3. The summed E-state index contributed by atoms with van der Waals surface area (Å²) in [5.41, 5.74) is 0.492. The Morgan fingerprint density at radius 1 is 1.08 bits per heavy atom. The third kappa shape index (κ3) is 3.40. The smallest absolute Gasteiger partial charge is 0.270 e. The van der Waals surface area contributed by atoms with Crippen LogP contribution in [0.4, 0.5) is 0 Å². The van der Waals surface area contributed by atoms with Crippen LogP contribution in [0.15, 0.2) is 35.1 Å². The van der Waals surface area contributed by atoms with Gasteiger partial charge < -0.3 is 14.2 Å². The number of benzene rings is 1. The molecule has 0 atom stereocenters. The minimum atomic E-state index is -0.0491. The molecule has 5 nitrogen and oxygen atoms in total. The van der Waals surface area contributed by atoms with Gasteiger partial charge in [0.1, 0.15) is 5.69 Å². The lowest BCUT2D eigenvalue weighted by molar-refractivity contribution is 0.0294. The van der Waals surface area contributed by atoms with Gasteiger partial charge in [-0.05, 0) is 36.3 Å². The second-order valence-corrected chi connectivity index (χ2v) is 7.44. The normalized spacial score (nSPS) is 19.0. The van der Waals surface area contributed by atoms with Gasteiger partial charge in [-0.1, -0.05) is 37.5 Å². The highest BCUT2D eigenvalue weighted by atomic mass is 16.5. The van der Waals surface area contributed by atoms with Gasteiger partial charge >= 0.3 is 0 Å². The molecule has 1 saturated heterocycles. The topological polar surface area (TPSA) is 51.5 Å². The summed E-state index contributed by atoms with van der Waals surface area (Å²) >= 11 is 0. The summed E-state index contributed by atoms with van der Waals surface area (Å²) < 4.78 is 7.12. The quantitative estimate of drug-likeness (QED) is 0.851. The molecule has 0 unspecified atom stereocenters. The molecular weight excluding hydrogens is 328 g/mol. The highest BCUT2D eigenvalue weighted by Gasteiger charge is 2.24. The standard InChI is InChI=1S/C21H26N2O3/c24-20-18-9-5-4-8-17(18)14-19(21(25)22-10-12-26-13-11-22)23(20)15-16-6-2-1-3-7-16/h4-5,8-9,14,16H,1-3,6-7,10-13,15H2. The van der Waals surface area contributed by atoms with Crippen LogP contribution in [0, 0.1) is 5.92 Å². The number of pyridine rings is 1. The number of carbonyl (C=O) groups is 1. The van der Waals surface area contributed by atoms with Crippen LogP contribution in [0.5, 0.6) is 0 Å². The minimum Gasteiger partial charge on any atom is -0.378 e. The lowest BCUT2D eigenvalue weighted by atomic mass is 9.89. The number of nitrogens with zero attached hydrogens (tertiary/aromatic N) is 2. The number of hydrogen-bond acceptors (Lipinski definition) is 3. The van der Waals surface area contributed by atoms with Crippen molar-refractivity contribution in [1.82, 2.24) is 9.47 Å². The first-order valence-corrected chi connectivity index (χ1v) is 9.73. The molecule has 1 aromatic carbocycles. The highest BCUT2D eigenvalue weighted by molar-refractivity contribution is 5.96. The van der Waals surface area contributed by atoms with E-state index in [2.05, 4.69) is 0 Å². The first-order valence-electron chi connectivity index (χ1n) is 9.73. The maximum Gasteiger partial charge on any atom is 0.270 e. The first kappa shape index (κ1) is 17.3. The Morgan fingerprint density at radius 3 is 2.58 bits per heavy atom. The molecule has 138 valence electrons. The number of fused-ring (bicyclic) bond motifs is 1. The minimum absolute atomic E-state index is 0.0368. The molecule has 1 saturated carbocycles. The first-order chi connectivity index (χ1) is 12.7. The number of ether oxygens (including phenoxy) is 1. The molecule has 4 rings (SSSR count). The van der Waals surface area contributed by atoms with Crippen molar-refractivity contribution in [3.63, 3.8) is 0 Å². The average molecular weight is 354 g/mol.